The second-order valence-corrected chi connectivity index (χ2v) is 10.9. The van der Waals surface area contributed by atoms with Crippen LogP contribution >= 0.6 is 0 Å². The Balaban J connectivity index is 1.05. The third-order valence-electron chi connectivity index (χ3n) is 7.70. The number of terminal acetylenes is 1. The molecule has 0 atom stereocenters. The van der Waals surface area contributed by atoms with Crippen molar-refractivity contribution < 1.29 is 48.0 Å². The number of carbonyl (C=O) groups is 4. The van der Waals surface area contributed by atoms with Gasteiger partial charge in [-0.2, -0.15) is 0 Å². The standard InChI is InChI=1S/C40H28O10/c1-2-3-4-5-26-46-40(45)50-36-24-16-30(17-25-36)28-12-20-34(21-13-28)48-38(42)32-8-6-31(7-9-32)37(41)47-33-18-10-27(11-19-33)29-14-22-35(23-15-29)49-39(43)44/h1,10-25,31-32H,6-9H2,(H,43,44). The molecule has 5 rings (SSSR count). The molecule has 0 saturated heterocycles. The van der Waals surface area contributed by atoms with Crippen LogP contribution < -0.4 is 18.9 Å². The molecule has 0 unspecified atom stereocenters. The van der Waals surface area contributed by atoms with Gasteiger partial charge in [-0.3, -0.25) is 9.59 Å². The minimum atomic E-state index is -1.38. The summed E-state index contributed by atoms with van der Waals surface area (Å²) in [6, 6.07) is 27.3. The number of benzene rings is 4. The highest BCUT2D eigenvalue weighted by atomic mass is 16.7. The van der Waals surface area contributed by atoms with Crippen LogP contribution in [0.1, 0.15) is 25.7 Å². The minimum Gasteiger partial charge on any atom is -0.449 e. The minimum absolute atomic E-state index is 0.219. The maximum absolute atomic E-state index is 12.9. The molecule has 1 aliphatic carbocycles. The molecule has 10 heteroatoms. The quantitative estimate of drug-likeness (QED) is 0.0870. The van der Waals surface area contributed by atoms with Crippen molar-refractivity contribution in [2.24, 2.45) is 11.8 Å². The van der Waals surface area contributed by atoms with Crippen LogP contribution in [-0.4, -0.2) is 29.4 Å². The second kappa shape index (κ2) is 16.7. The van der Waals surface area contributed by atoms with Gasteiger partial charge in [-0.15, -0.1) is 6.42 Å². The van der Waals surface area contributed by atoms with Gasteiger partial charge in [0.05, 0.1) is 11.8 Å². The van der Waals surface area contributed by atoms with E-state index in [4.69, 9.17) is 25.7 Å². The molecular formula is C40H28O10. The van der Waals surface area contributed by atoms with E-state index in [1.54, 1.807) is 84.9 Å². The summed E-state index contributed by atoms with van der Waals surface area (Å²) in [5.41, 5.74) is 3.40. The lowest BCUT2D eigenvalue weighted by Crippen LogP contribution is -2.30. The van der Waals surface area contributed by atoms with E-state index in [1.807, 2.05) is 12.1 Å². The lowest BCUT2D eigenvalue weighted by molar-refractivity contribution is -0.145. The van der Waals surface area contributed by atoms with E-state index in [0.717, 1.165) is 22.3 Å². The van der Waals surface area contributed by atoms with Gasteiger partial charge >= 0.3 is 24.2 Å². The maximum atomic E-state index is 12.9. The zero-order chi connectivity index (χ0) is 35.3. The second-order valence-electron chi connectivity index (χ2n) is 10.9. The van der Waals surface area contributed by atoms with Crippen molar-refractivity contribution in [2.45, 2.75) is 25.7 Å². The smallest absolute Gasteiger partial charge is 0.449 e. The molecule has 4 aromatic carbocycles. The molecule has 50 heavy (non-hydrogen) atoms. The van der Waals surface area contributed by atoms with Crippen molar-refractivity contribution in [3.8, 4) is 81.5 Å². The highest BCUT2D eigenvalue weighted by Gasteiger charge is 2.32. The van der Waals surface area contributed by atoms with Gasteiger partial charge in [0.1, 0.15) is 29.1 Å². The first-order valence-electron chi connectivity index (χ1n) is 15.4. The normalized spacial score (nSPS) is 14.5. The lowest BCUT2D eigenvalue weighted by atomic mass is 9.82. The number of ether oxygens (including phenoxy) is 5. The predicted octanol–water partition coefficient (Wildman–Crippen LogP) is 7.51. The predicted molar refractivity (Wildman–Crippen MR) is 181 cm³/mol. The zero-order valence-corrected chi connectivity index (χ0v) is 26.4. The molecule has 0 heterocycles. The number of esters is 2. The van der Waals surface area contributed by atoms with E-state index in [9.17, 15) is 19.2 Å². The van der Waals surface area contributed by atoms with E-state index in [1.165, 1.54) is 0 Å². The van der Waals surface area contributed by atoms with Crippen LogP contribution in [0.5, 0.6) is 23.0 Å². The van der Waals surface area contributed by atoms with Crippen molar-refractivity contribution in [3.05, 3.63) is 97.1 Å². The number of hydrogen-bond donors (Lipinski definition) is 1. The van der Waals surface area contributed by atoms with Crippen LogP contribution in [0.4, 0.5) is 9.59 Å². The van der Waals surface area contributed by atoms with Crippen molar-refractivity contribution >= 4 is 24.2 Å². The summed E-state index contributed by atoms with van der Waals surface area (Å²) >= 11 is 0. The fourth-order valence-corrected chi connectivity index (χ4v) is 5.20. The Morgan fingerprint density at radius 1 is 0.520 bits per heavy atom. The monoisotopic (exact) mass is 668 g/mol. The summed E-state index contributed by atoms with van der Waals surface area (Å²) in [6.45, 7) is 0. The molecule has 0 aromatic heterocycles. The Hall–Kier alpha value is -6.96. The van der Waals surface area contributed by atoms with Gasteiger partial charge in [0, 0.05) is 11.8 Å². The van der Waals surface area contributed by atoms with E-state index in [0.29, 0.717) is 37.2 Å². The first-order valence-corrected chi connectivity index (χ1v) is 15.4. The first-order chi connectivity index (χ1) is 24.3. The van der Waals surface area contributed by atoms with Gasteiger partial charge in [0.15, 0.2) is 0 Å². The number of carbonyl (C=O) groups excluding carboxylic acids is 3. The van der Waals surface area contributed by atoms with Crippen molar-refractivity contribution in [3.63, 3.8) is 0 Å². The van der Waals surface area contributed by atoms with Gasteiger partial charge < -0.3 is 28.8 Å². The molecule has 1 fully saturated rings. The van der Waals surface area contributed by atoms with E-state index < -0.39 is 12.3 Å². The zero-order valence-electron chi connectivity index (χ0n) is 26.4. The van der Waals surface area contributed by atoms with Crippen LogP contribution in [0.15, 0.2) is 97.1 Å². The Kier molecular flexibility index (Phi) is 11.5. The van der Waals surface area contributed by atoms with Crippen molar-refractivity contribution in [2.75, 3.05) is 0 Å². The fraction of sp³-hybridized carbons (Fsp3) is 0.150. The molecule has 0 radical (unpaired) electrons. The highest BCUT2D eigenvalue weighted by molar-refractivity contribution is 5.78. The van der Waals surface area contributed by atoms with Crippen molar-refractivity contribution in [1.82, 2.24) is 0 Å². The topological polar surface area (TPSA) is 135 Å². The van der Waals surface area contributed by atoms with Gasteiger partial charge in [-0.05, 0) is 108 Å². The molecule has 0 aliphatic heterocycles. The molecule has 4 aromatic rings. The van der Waals surface area contributed by atoms with Gasteiger partial charge in [0.25, 0.3) is 0 Å². The Morgan fingerprint density at radius 3 is 1.24 bits per heavy atom. The van der Waals surface area contributed by atoms with Gasteiger partial charge in [-0.1, -0.05) is 48.5 Å². The Morgan fingerprint density at radius 2 is 0.880 bits per heavy atom. The molecule has 1 N–H and O–H groups in total. The number of rotatable bonds is 8. The van der Waals surface area contributed by atoms with Gasteiger partial charge in [0.2, 0.25) is 0 Å². The molecule has 0 amide bonds. The lowest BCUT2D eigenvalue weighted by Gasteiger charge is -2.25. The molecule has 0 bridgehead atoms. The number of hydrogen-bond acceptors (Lipinski definition) is 9. The summed E-state index contributed by atoms with van der Waals surface area (Å²) in [6.07, 6.45) is 6.68. The first kappa shape index (κ1) is 34.4. The summed E-state index contributed by atoms with van der Waals surface area (Å²) in [5, 5.41) is 8.72. The molecule has 0 spiro atoms. The largest absolute Gasteiger partial charge is 0.528 e. The fourth-order valence-electron chi connectivity index (χ4n) is 5.20. The van der Waals surface area contributed by atoms with Crippen LogP contribution in [0, 0.1) is 48.0 Å². The third kappa shape index (κ3) is 9.78. The highest BCUT2D eigenvalue weighted by Crippen LogP contribution is 2.32. The van der Waals surface area contributed by atoms with Crippen LogP contribution in [0.2, 0.25) is 0 Å². The molecule has 248 valence electrons. The molecular weight excluding hydrogens is 640 g/mol. The van der Waals surface area contributed by atoms with Crippen molar-refractivity contribution in [1.29, 1.82) is 0 Å². The molecule has 1 saturated carbocycles. The third-order valence-corrected chi connectivity index (χ3v) is 7.70. The van der Waals surface area contributed by atoms with E-state index in [-0.39, 0.29) is 35.3 Å². The summed E-state index contributed by atoms with van der Waals surface area (Å²) in [4.78, 5) is 48.1. The van der Waals surface area contributed by atoms with E-state index in [2.05, 4.69) is 39.3 Å². The van der Waals surface area contributed by atoms with Crippen LogP contribution in [0.3, 0.4) is 0 Å². The maximum Gasteiger partial charge on any atom is 0.528 e. The Labute approximate surface area is 287 Å². The number of carboxylic acid groups (broad SMARTS) is 1. The SMILES string of the molecule is C#CC#CC#COC(=O)Oc1ccc(-c2ccc(OC(=O)C3CCC(C(=O)Oc4ccc(-c5ccc(OC(=O)O)cc5)cc4)CC3)cc2)cc1. The summed E-state index contributed by atoms with van der Waals surface area (Å²) in [7, 11) is 0. The average Bonchev–Trinajstić information content (AvgIpc) is 3.13. The van der Waals surface area contributed by atoms with Gasteiger partial charge in [-0.25, -0.2) is 9.59 Å². The van der Waals surface area contributed by atoms with Crippen LogP contribution in [0.25, 0.3) is 22.3 Å². The average molecular weight is 669 g/mol. The van der Waals surface area contributed by atoms with Crippen LogP contribution in [-0.2, 0) is 14.3 Å². The Bertz CT molecular complexity index is 2010. The molecule has 10 nitrogen and oxygen atoms in total. The molecule has 1 aliphatic rings. The van der Waals surface area contributed by atoms with E-state index >= 15 is 0 Å². The summed E-state index contributed by atoms with van der Waals surface area (Å²) in [5.74, 6) is 8.85. The summed E-state index contributed by atoms with van der Waals surface area (Å²) < 4.78 is 25.5.